The normalized spacial score (nSPS) is 18.4. The Kier molecular flexibility index (Phi) is 4.76. The van der Waals surface area contributed by atoms with Gasteiger partial charge < -0.3 is 19.6 Å². The maximum Gasteiger partial charge on any atom is 0.258 e. The molecule has 3 aromatic heterocycles. The highest BCUT2D eigenvalue weighted by Gasteiger charge is 2.55. The number of thiophene rings is 1. The molecule has 2 N–H and O–H groups in total. The predicted molar refractivity (Wildman–Crippen MR) is 123 cm³/mol. The summed E-state index contributed by atoms with van der Waals surface area (Å²) in [6.07, 6.45) is 3.35. The molecule has 0 bridgehead atoms. The largest absolute Gasteiger partial charge is 0.381 e. The van der Waals surface area contributed by atoms with Crippen LogP contribution in [0, 0.1) is 5.41 Å². The van der Waals surface area contributed by atoms with E-state index in [1.165, 1.54) is 4.70 Å². The minimum absolute atomic E-state index is 0.128. The first-order valence-electron chi connectivity index (χ1n) is 10.5. The lowest BCUT2D eigenvalue weighted by Crippen LogP contribution is -2.63. The summed E-state index contributed by atoms with van der Waals surface area (Å²) in [5, 5.41) is 29.7. The van der Waals surface area contributed by atoms with E-state index in [0.717, 1.165) is 24.0 Å². The minimum Gasteiger partial charge on any atom is -0.381 e. The zero-order chi connectivity index (χ0) is 22.7. The van der Waals surface area contributed by atoms with Crippen LogP contribution in [0.3, 0.4) is 0 Å². The third kappa shape index (κ3) is 3.26. The molecule has 166 valence electrons. The fraction of sp³-hybridized carbons (Fsp3) is 0.375. The maximum absolute atomic E-state index is 12.4. The number of rotatable bonds is 5. The molecule has 7 nitrogen and oxygen atoms in total. The first kappa shape index (κ1) is 21.2. The molecule has 1 aliphatic rings. The highest BCUT2D eigenvalue weighted by molar-refractivity contribution is 7.17. The van der Waals surface area contributed by atoms with E-state index >= 15 is 0 Å². The Morgan fingerprint density at radius 3 is 2.56 bits per heavy atom. The molecule has 1 atom stereocenters. The Labute approximate surface area is 190 Å². The molecule has 1 aromatic carbocycles. The molecule has 8 heteroatoms. The molecule has 0 spiro atoms. The third-order valence-corrected chi connectivity index (χ3v) is 7.24. The van der Waals surface area contributed by atoms with Crippen molar-refractivity contribution >= 4 is 21.4 Å². The van der Waals surface area contributed by atoms with Gasteiger partial charge in [-0.25, -0.2) is 0 Å². The van der Waals surface area contributed by atoms with Gasteiger partial charge in [0.15, 0.2) is 0 Å². The number of hydrogen-bond donors (Lipinski definition) is 2. The van der Waals surface area contributed by atoms with Gasteiger partial charge in [-0.15, -0.1) is 11.3 Å². The van der Waals surface area contributed by atoms with Crippen molar-refractivity contribution < 1.29 is 14.7 Å². The Morgan fingerprint density at radius 2 is 1.88 bits per heavy atom. The van der Waals surface area contributed by atoms with Gasteiger partial charge in [-0.3, -0.25) is 4.98 Å². The average molecular weight is 451 g/mol. The molecule has 0 radical (unpaired) electrons. The SMILES string of the molecule is CN1CC(C)([C@@](O)(c2cncc(-c3noc(C(C)(C)O)n3)c2)c2ccc3sccc3c2)C1. The number of likely N-dealkylation sites (tertiary alicyclic amines) is 1. The van der Waals surface area contributed by atoms with Crippen molar-refractivity contribution in [2.75, 3.05) is 20.1 Å². The highest BCUT2D eigenvalue weighted by atomic mass is 32.1. The van der Waals surface area contributed by atoms with Crippen LogP contribution in [0.5, 0.6) is 0 Å². The van der Waals surface area contributed by atoms with Crippen LogP contribution in [-0.2, 0) is 11.2 Å². The van der Waals surface area contributed by atoms with Crippen LogP contribution in [0.25, 0.3) is 21.5 Å². The van der Waals surface area contributed by atoms with E-state index in [1.54, 1.807) is 37.6 Å². The van der Waals surface area contributed by atoms with Gasteiger partial charge in [0.05, 0.1) is 0 Å². The lowest BCUT2D eigenvalue weighted by molar-refractivity contribution is -0.127. The van der Waals surface area contributed by atoms with E-state index < -0.39 is 16.6 Å². The maximum atomic E-state index is 12.4. The van der Waals surface area contributed by atoms with Crippen LogP contribution in [0.2, 0.25) is 0 Å². The monoisotopic (exact) mass is 450 g/mol. The zero-order valence-corrected chi connectivity index (χ0v) is 19.3. The Balaban J connectivity index is 1.64. The number of aliphatic hydroxyl groups is 2. The molecule has 0 aliphatic carbocycles. The van der Waals surface area contributed by atoms with Crippen molar-refractivity contribution in [3.63, 3.8) is 0 Å². The third-order valence-electron chi connectivity index (χ3n) is 6.35. The molecule has 4 heterocycles. The molecule has 1 aliphatic heterocycles. The summed E-state index contributed by atoms with van der Waals surface area (Å²) >= 11 is 1.68. The van der Waals surface area contributed by atoms with Gasteiger partial charge in [0.1, 0.15) is 11.2 Å². The summed E-state index contributed by atoms with van der Waals surface area (Å²) < 4.78 is 6.42. The molecular formula is C24H26N4O3S. The van der Waals surface area contributed by atoms with Gasteiger partial charge in [0.2, 0.25) is 5.82 Å². The first-order chi connectivity index (χ1) is 15.1. The fourth-order valence-corrected chi connectivity index (χ4v) is 5.55. The summed E-state index contributed by atoms with van der Waals surface area (Å²) in [6, 6.07) is 10.1. The number of aromatic nitrogens is 3. The number of benzene rings is 1. The van der Waals surface area contributed by atoms with Crippen LogP contribution in [-0.4, -0.2) is 50.4 Å². The first-order valence-corrected chi connectivity index (χ1v) is 11.4. The van der Waals surface area contributed by atoms with Crippen LogP contribution < -0.4 is 0 Å². The lowest BCUT2D eigenvalue weighted by atomic mass is 9.62. The molecule has 4 aromatic rings. The molecule has 5 rings (SSSR count). The summed E-state index contributed by atoms with van der Waals surface area (Å²) in [7, 11) is 2.05. The van der Waals surface area contributed by atoms with Gasteiger partial charge in [0.25, 0.3) is 5.89 Å². The van der Waals surface area contributed by atoms with Gasteiger partial charge in [-0.2, -0.15) is 4.98 Å². The quantitative estimate of drug-likeness (QED) is 0.478. The zero-order valence-electron chi connectivity index (χ0n) is 18.5. The topological polar surface area (TPSA) is 95.5 Å². The molecule has 0 unspecified atom stereocenters. The second-order valence-corrected chi connectivity index (χ2v) is 10.5. The number of nitrogens with zero attached hydrogens (tertiary/aromatic N) is 4. The van der Waals surface area contributed by atoms with Crippen LogP contribution >= 0.6 is 11.3 Å². The van der Waals surface area contributed by atoms with E-state index in [2.05, 4.69) is 57.6 Å². The van der Waals surface area contributed by atoms with E-state index in [0.29, 0.717) is 17.0 Å². The van der Waals surface area contributed by atoms with Crippen molar-refractivity contribution in [3.8, 4) is 11.4 Å². The predicted octanol–water partition coefficient (Wildman–Crippen LogP) is 3.76. The second kappa shape index (κ2) is 7.18. The van der Waals surface area contributed by atoms with Crippen LogP contribution in [0.15, 0.2) is 52.6 Å². The van der Waals surface area contributed by atoms with Gasteiger partial charge in [-0.05, 0) is 61.5 Å². The molecule has 1 fully saturated rings. The molecular weight excluding hydrogens is 424 g/mol. The molecule has 0 amide bonds. The summed E-state index contributed by atoms with van der Waals surface area (Å²) in [4.78, 5) is 10.9. The second-order valence-electron chi connectivity index (χ2n) is 9.56. The number of hydrogen-bond acceptors (Lipinski definition) is 8. The fourth-order valence-electron chi connectivity index (χ4n) is 4.78. The molecule has 0 saturated carbocycles. The smallest absolute Gasteiger partial charge is 0.258 e. The van der Waals surface area contributed by atoms with E-state index in [9.17, 15) is 10.2 Å². The molecule has 32 heavy (non-hydrogen) atoms. The van der Waals surface area contributed by atoms with Crippen molar-refractivity contribution in [2.24, 2.45) is 5.41 Å². The standard InChI is InChI=1S/C24H26N4O3S/c1-22(2,29)21-26-20(27-31-21)16-10-18(12-25-11-16)24(30,23(3)13-28(4)14-23)17-5-6-19-15(9-17)7-8-32-19/h5-12,29-30H,13-14H2,1-4H3/t24-/m0/s1. The van der Waals surface area contributed by atoms with Crippen molar-refractivity contribution in [1.29, 1.82) is 0 Å². The summed E-state index contributed by atoms with van der Waals surface area (Å²) in [6.45, 7) is 6.79. The Hall–Kier alpha value is -2.65. The number of fused-ring (bicyclic) bond motifs is 1. The van der Waals surface area contributed by atoms with Crippen LogP contribution in [0.1, 0.15) is 37.8 Å². The van der Waals surface area contributed by atoms with Gasteiger partial charge in [-0.1, -0.05) is 18.1 Å². The summed E-state index contributed by atoms with van der Waals surface area (Å²) in [5.41, 5.74) is -0.772. The highest BCUT2D eigenvalue weighted by Crippen LogP contribution is 2.50. The van der Waals surface area contributed by atoms with E-state index in [4.69, 9.17) is 4.52 Å². The Bertz CT molecular complexity index is 1290. The summed E-state index contributed by atoms with van der Waals surface area (Å²) in [5.74, 6) is 0.451. The average Bonchev–Trinajstić information content (AvgIpc) is 3.41. The lowest BCUT2D eigenvalue weighted by Gasteiger charge is -2.55. The van der Waals surface area contributed by atoms with Crippen LogP contribution in [0.4, 0.5) is 0 Å². The Morgan fingerprint density at radius 1 is 1.09 bits per heavy atom. The van der Waals surface area contributed by atoms with Crippen molar-refractivity contribution in [2.45, 2.75) is 32.0 Å². The van der Waals surface area contributed by atoms with E-state index in [-0.39, 0.29) is 5.89 Å². The van der Waals surface area contributed by atoms with Gasteiger partial charge >= 0.3 is 0 Å². The number of pyridine rings is 1. The van der Waals surface area contributed by atoms with Crippen molar-refractivity contribution in [3.05, 3.63) is 65.1 Å². The van der Waals surface area contributed by atoms with E-state index in [1.807, 2.05) is 12.1 Å². The van der Waals surface area contributed by atoms with Crippen molar-refractivity contribution in [1.82, 2.24) is 20.0 Å². The molecule has 1 saturated heterocycles. The van der Waals surface area contributed by atoms with Gasteiger partial charge in [0, 0.05) is 46.7 Å². The minimum atomic E-state index is -1.26.